The Balaban J connectivity index is 0.00000243. The number of para-hydroxylation sites is 1. The summed E-state index contributed by atoms with van der Waals surface area (Å²) in [6.45, 7) is 4.29. The molecule has 0 saturated carbocycles. The minimum atomic E-state index is -1.07. The van der Waals surface area contributed by atoms with Crippen LogP contribution in [0.3, 0.4) is 0 Å². The first-order valence-electron chi connectivity index (χ1n) is 8.54. The lowest BCUT2D eigenvalue weighted by atomic mass is 9.91. The lowest BCUT2D eigenvalue weighted by Crippen LogP contribution is -2.49. The summed E-state index contributed by atoms with van der Waals surface area (Å²) < 4.78 is 5.93. The van der Waals surface area contributed by atoms with Crippen molar-refractivity contribution in [2.24, 2.45) is 5.73 Å². The van der Waals surface area contributed by atoms with Gasteiger partial charge in [0.2, 0.25) is 5.91 Å². The summed E-state index contributed by atoms with van der Waals surface area (Å²) in [5, 5.41) is 1.05. The van der Waals surface area contributed by atoms with Gasteiger partial charge in [-0.25, -0.2) is 0 Å². The molecule has 138 valence electrons. The molecule has 26 heavy (non-hydrogen) atoms. The molecule has 1 atom stereocenters. The molecule has 0 fully saturated rings. The number of aryl methyl sites for hydroxylation is 1. The number of benzene rings is 2. The molecule has 0 aliphatic carbocycles. The molecule has 2 N–H and O–H groups in total. The highest BCUT2D eigenvalue weighted by atomic mass is 35.5. The van der Waals surface area contributed by atoms with Crippen LogP contribution in [0.25, 0.3) is 11.0 Å². The van der Waals surface area contributed by atoms with E-state index in [1.54, 1.807) is 18.9 Å². The zero-order chi connectivity index (χ0) is 18.0. The van der Waals surface area contributed by atoms with Gasteiger partial charge in [-0.3, -0.25) is 4.79 Å². The molecule has 1 heterocycles. The summed E-state index contributed by atoms with van der Waals surface area (Å²) in [5.74, 6) is 0.797. The van der Waals surface area contributed by atoms with Gasteiger partial charge in [0.05, 0.1) is 0 Å². The molecule has 3 rings (SSSR count). The van der Waals surface area contributed by atoms with E-state index in [1.165, 1.54) is 0 Å². The van der Waals surface area contributed by atoms with Gasteiger partial charge in [-0.2, -0.15) is 0 Å². The highest BCUT2D eigenvalue weighted by Gasteiger charge is 2.33. The molecule has 4 nitrogen and oxygen atoms in total. The summed E-state index contributed by atoms with van der Waals surface area (Å²) in [5.41, 5.74) is 8.03. The van der Waals surface area contributed by atoms with Crippen LogP contribution >= 0.6 is 12.4 Å². The number of carbonyl (C=O) groups excluding carboxylic acids is 1. The van der Waals surface area contributed by atoms with Gasteiger partial charge >= 0.3 is 0 Å². The van der Waals surface area contributed by atoms with E-state index in [4.69, 9.17) is 10.2 Å². The summed E-state index contributed by atoms with van der Waals surface area (Å²) in [4.78, 5) is 14.7. The molecule has 0 spiro atoms. The highest BCUT2D eigenvalue weighted by Crippen LogP contribution is 2.28. The van der Waals surface area contributed by atoms with Crippen LogP contribution in [0.4, 0.5) is 0 Å². The van der Waals surface area contributed by atoms with E-state index < -0.39 is 5.54 Å². The zero-order valence-corrected chi connectivity index (χ0v) is 16.2. The summed E-state index contributed by atoms with van der Waals surface area (Å²) in [6, 6.07) is 17.4. The number of furan rings is 1. The van der Waals surface area contributed by atoms with Gasteiger partial charge < -0.3 is 15.1 Å². The van der Waals surface area contributed by atoms with Crippen molar-refractivity contribution in [3.63, 3.8) is 0 Å². The van der Waals surface area contributed by atoms with Crippen molar-refractivity contribution in [1.29, 1.82) is 0 Å². The molecular formula is C21H25ClN2O2. The van der Waals surface area contributed by atoms with Gasteiger partial charge in [0.15, 0.2) is 0 Å². The fourth-order valence-electron chi connectivity index (χ4n) is 3.22. The number of fused-ring (bicyclic) bond motifs is 1. The van der Waals surface area contributed by atoms with Crippen LogP contribution in [0, 0.1) is 0 Å². The van der Waals surface area contributed by atoms with Crippen molar-refractivity contribution in [1.82, 2.24) is 4.90 Å². The number of likely N-dealkylation sites (N-methyl/N-ethyl adjacent to an activating group) is 1. The van der Waals surface area contributed by atoms with E-state index in [-0.39, 0.29) is 18.3 Å². The van der Waals surface area contributed by atoms with E-state index in [0.29, 0.717) is 6.54 Å². The predicted molar refractivity (Wildman–Crippen MR) is 107 cm³/mol. The van der Waals surface area contributed by atoms with Gasteiger partial charge in [-0.15, -0.1) is 12.4 Å². The average molecular weight is 373 g/mol. The number of halogens is 1. The maximum atomic E-state index is 13.0. The second kappa shape index (κ2) is 7.94. The smallest absolute Gasteiger partial charge is 0.247 e. The van der Waals surface area contributed by atoms with Gasteiger partial charge in [0.25, 0.3) is 0 Å². The van der Waals surface area contributed by atoms with Crippen LogP contribution in [0.15, 0.2) is 59.0 Å². The summed E-state index contributed by atoms with van der Waals surface area (Å²) >= 11 is 0. The zero-order valence-electron chi connectivity index (χ0n) is 15.4. The van der Waals surface area contributed by atoms with E-state index in [9.17, 15) is 4.79 Å². The van der Waals surface area contributed by atoms with Crippen molar-refractivity contribution in [2.75, 3.05) is 7.05 Å². The molecule has 0 aliphatic heterocycles. The third kappa shape index (κ3) is 3.62. The SMILES string of the molecule is CCc1oc2ccccc2c1CN(C)C(=O)C(C)(N)c1ccccc1.Cl. The van der Waals surface area contributed by atoms with Crippen molar-refractivity contribution in [3.05, 3.63) is 71.5 Å². The Morgan fingerprint density at radius 1 is 1.12 bits per heavy atom. The average Bonchev–Trinajstić information content (AvgIpc) is 2.99. The molecule has 0 aliphatic rings. The molecule has 1 unspecified atom stereocenters. The molecule has 3 aromatic rings. The van der Waals surface area contributed by atoms with Crippen molar-refractivity contribution in [3.8, 4) is 0 Å². The van der Waals surface area contributed by atoms with Crippen LogP contribution < -0.4 is 5.73 Å². The number of amides is 1. The molecule has 0 bridgehead atoms. The Kier molecular flexibility index (Phi) is 6.11. The molecule has 1 aromatic heterocycles. The Morgan fingerprint density at radius 3 is 2.38 bits per heavy atom. The van der Waals surface area contributed by atoms with Crippen molar-refractivity contribution < 1.29 is 9.21 Å². The van der Waals surface area contributed by atoms with Crippen LogP contribution in [-0.4, -0.2) is 17.9 Å². The van der Waals surface area contributed by atoms with E-state index >= 15 is 0 Å². The third-order valence-corrected chi connectivity index (χ3v) is 4.66. The normalized spacial score (nSPS) is 13.1. The van der Waals surface area contributed by atoms with Crippen LogP contribution in [0.1, 0.15) is 30.7 Å². The molecule has 0 saturated heterocycles. The first-order chi connectivity index (χ1) is 11.9. The monoisotopic (exact) mass is 372 g/mol. The Labute approximate surface area is 160 Å². The van der Waals surface area contributed by atoms with Gasteiger partial charge in [-0.1, -0.05) is 55.5 Å². The molecular weight excluding hydrogens is 348 g/mol. The van der Waals surface area contributed by atoms with Crippen LogP contribution in [-0.2, 0) is 23.3 Å². The van der Waals surface area contributed by atoms with Crippen LogP contribution in [0.5, 0.6) is 0 Å². The van der Waals surface area contributed by atoms with Gasteiger partial charge in [0.1, 0.15) is 16.9 Å². The van der Waals surface area contributed by atoms with Gasteiger partial charge in [0, 0.05) is 31.0 Å². The minimum Gasteiger partial charge on any atom is -0.461 e. The second-order valence-corrected chi connectivity index (χ2v) is 6.58. The quantitative estimate of drug-likeness (QED) is 0.728. The minimum absolute atomic E-state index is 0. The number of nitrogens with zero attached hydrogens (tertiary/aromatic N) is 1. The summed E-state index contributed by atoms with van der Waals surface area (Å²) in [7, 11) is 1.79. The highest BCUT2D eigenvalue weighted by molar-refractivity contribution is 5.88. The molecule has 2 aromatic carbocycles. The standard InChI is InChI=1S/C21H24N2O2.ClH/c1-4-18-17(16-12-8-9-13-19(16)25-18)14-23(3)20(24)21(2,22)15-10-6-5-7-11-15;/h5-13H,4,14,22H2,1-3H3;1H. The first kappa shape index (κ1) is 20.0. The lowest BCUT2D eigenvalue weighted by molar-refractivity contribution is -0.136. The number of nitrogens with two attached hydrogens (primary N) is 1. The predicted octanol–water partition coefficient (Wildman–Crippen LogP) is 4.25. The fourth-order valence-corrected chi connectivity index (χ4v) is 3.22. The molecule has 5 heteroatoms. The lowest BCUT2D eigenvalue weighted by Gasteiger charge is -2.29. The maximum Gasteiger partial charge on any atom is 0.247 e. The van der Waals surface area contributed by atoms with Crippen molar-refractivity contribution in [2.45, 2.75) is 32.4 Å². The summed E-state index contributed by atoms with van der Waals surface area (Å²) in [6.07, 6.45) is 0.782. The van der Waals surface area contributed by atoms with Gasteiger partial charge in [-0.05, 0) is 18.6 Å². The van der Waals surface area contributed by atoms with Crippen LogP contribution in [0.2, 0.25) is 0 Å². The third-order valence-electron chi connectivity index (χ3n) is 4.66. The maximum absolute atomic E-state index is 13.0. The van der Waals surface area contributed by atoms with E-state index in [0.717, 1.165) is 34.3 Å². The number of carbonyl (C=O) groups is 1. The van der Waals surface area contributed by atoms with E-state index in [1.807, 2.05) is 54.6 Å². The van der Waals surface area contributed by atoms with Crippen molar-refractivity contribution >= 4 is 29.3 Å². The Hall–Kier alpha value is -2.30. The Morgan fingerprint density at radius 2 is 1.73 bits per heavy atom. The largest absolute Gasteiger partial charge is 0.461 e. The van der Waals surface area contributed by atoms with E-state index in [2.05, 4.69) is 6.92 Å². The first-order valence-corrected chi connectivity index (χ1v) is 8.54. The number of hydrogen-bond donors (Lipinski definition) is 1. The number of rotatable bonds is 5. The Bertz CT molecular complexity index is 887. The number of hydrogen-bond acceptors (Lipinski definition) is 3. The topological polar surface area (TPSA) is 59.5 Å². The fraction of sp³-hybridized carbons (Fsp3) is 0.286. The molecule has 1 amide bonds. The second-order valence-electron chi connectivity index (χ2n) is 6.58. The molecule has 0 radical (unpaired) electrons.